The topological polar surface area (TPSA) is 137 Å². The number of carbonyl (C=O) groups is 2. The van der Waals surface area contributed by atoms with Crippen LogP contribution in [0.3, 0.4) is 0 Å². The first-order valence-electron chi connectivity index (χ1n) is 22.3. The van der Waals surface area contributed by atoms with Crippen molar-refractivity contribution in [2.45, 2.75) is 27.0 Å². The number of fused-ring (bicyclic) bond motifs is 2. The minimum Gasteiger partial charge on any atom is -0.477 e. The number of nitrogens with two attached hydrogens (primary N) is 1. The van der Waals surface area contributed by atoms with Crippen LogP contribution in [0.1, 0.15) is 28.4 Å². The number of anilines is 4. The van der Waals surface area contributed by atoms with Crippen LogP contribution in [0.25, 0.3) is 21.8 Å². The number of hydrogen-bond donors (Lipinski definition) is 5. The molecule has 0 atom stereocenters. The number of aromatic amines is 2. The van der Waals surface area contributed by atoms with Crippen molar-refractivity contribution in [2.75, 3.05) is 87.3 Å². The molecule has 0 radical (unpaired) electrons. The van der Waals surface area contributed by atoms with Crippen molar-refractivity contribution in [3.63, 3.8) is 0 Å². The monoisotopic (exact) mass is 1120 g/mol. The maximum absolute atomic E-state index is 13.1. The molecule has 0 spiro atoms. The summed E-state index contributed by atoms with van der Waals surface area (Å²) in [6, 6.07) is 37.3. The smallest absolute Gasteiger partial charge is 0.352 e. The van der Waals surface area contributed by atoms with Crippen molar-refractivity contribution in [3.8, 4) is 0 Å². The van der Waals surface area contributed by atoms with E-state index >= 15 is 0 Å². The lowest BCUT2D eigenvalue weighted by Gasteiger charge is -2.34. The van der Waals surface area contributed by atoms with E-state index < -0.39 is 5.97 Å². The Morgan fingerprint density at radius 1 is 0.542 bits per heavy atom. The van der Waals surface area contributed by atoms with Crippen LogP contribution in [-0.4, -0.2) is 103 Å². The van der Waals surface area contributed by atoms with E-state index in [2.05, 4.69) is 61.1 Å². The number of benzene rings is 6. The highest BCUT2D eigenvalue weighted by atomic mass is 35.5. The number of nitrogen functional groups attached to an aromatic ring is 1. The Balaban J connectivity index is 0.000000175. The Bertz CT molecular complexity index is 3210. The van der Waals surface area contributed by atoms with Crippen LogP contribution >= 0.6 is 93.1 Å². The molecule has 0 unspecified atom stereocenters. The fourth-order valence-corrected chi connectivity index (χ4v) is 11.5. The largest absolute Gasteiger partial charge is 0.477 e. The van der Waals surface area contributed by atoms with E-state index in [4.69, 9.17) is 80.4 Å². The predicted octanol–water partition coefficient (Wildman–Crippen LogP) is 14.9. The van der Waals surface area contributed by atoms with Gasteiger partial charge in [0.05, 0.1) is 10.0 Å². The highest BCUT2D eigenvalue weighted by Crippen LogP contribution is 2.42. The maximum atomic E-state index is 13.1. The molecule has 2 saturated heterocycles. The van der Waals surface area contributed by atoms with Gasteiger partial charge < -0.3 is 45.7 Å². The molecule has 1 amide bonds. The zero-order valence-electron chi connectivity index (χ0n) is 38.4. The number of H-pyrrole nitrogens is 2. The van der Waals surface area contributed by atoms with Crippen molar-refractivity contribution in [2.24, 2.45) is 0 Å². The summed E-state index contributed by atoms with van der Waals surface area (Å²) in [7, 11) is 4.30. The number of nitrogens with one attached hydrogen (secondary N) is 3. The summed E-state index contributed by atoms with van der Waals surface area (Å²) >= 11 is 39.9. The molecule has 2 aromatic heterocycles. The van der Waals surface area contributed by atoms with Crippen LogP contribution in [0.4, 0.5) is 22.7 Å². The lowest BCUT2D eigenvalue weighted by molar-refractivity contribution is 0.0691. The molecular formula is C53H52Cl6N8O3S2. The van der Waals surface area contributed by atoms with Gasteiger partial charge in [0.2, 0.25) is 0 Å². The van der Waals surface area contributed by atoms with Crippen LogP contribution in [0.15, 0.2) is 141 Å². The van der Waals surface area contributed by atoms with Gasteiger partial charge in [0.25, 0.3) is 5.91 Å². The number of nitrogens with zero attached hydrogens (tertiary/aromatic N) is 4. The number of piperazine rings is 2. The number of amides is 1. The van der Waals surface area contributed by atoms with Crippen molar-refractivity contribution in [1.82, 2.24) is 19.8 Å². The Kier molecular flexibility index (Phi) is 19.0. The van der Waals surface area contributed by atoms with E-state index in [-0.39, 0.29) is 19.0 Å². The van der Waals surface area contributed by atoms with Gasteiger partial charge >= 0.3 is 5.97 Å². The van der Waals surface area contributed by atoms with E-state index in [9.17, 15) is 9.59 Å². The molecule has 6 aromatic carbocycles. The van der Waals surface area contributed by atoms with E-state index in [0.29, 0.717) is 41.3 Å². The van der Waals surface area contributed by atoms with Gasteiger partial charge in [-0.2, -0.15) is 0 Å². The standard InChI is InChI=1S/C26H23Cl3N4OS.C15H8Cl3NO2S.C11H17N3.CH4/c1-32-7-9-33(10-8-32)19-4-2-3-18(14-19)30-26(34)23-15-20-22(31-23)12-17(28)13-25(20)35-24-6-5-16(27)11-21(24)29;16-7-1-2-13(10(18)3-7)22-14-5-8(17)4-11-9(14)6-12(19-11)15(20)21;1-13-5-7-14(8-6-13)11-4-2-3-10(12)9-11;/h2-6,11-15,31H,7-10H2,1H3,(H,30,34);1-6,19H,(H,20,21);2-4,9H,5-8,12H2,1H3;1H4. The van der Waals surface area contributed by atoms with Gasteiger partial charge in [0, 0.05) is 137 Å². The predicted molar refractivity (Wildman–Crippen MR) is 306 cm³/mol. The molecule has 0 bridgehead atoms. The Morgan fingerprint density at radius 3 is 1.47 bits per heavy atom. The highest BCUT2D eigenvalue weighted by Gasteiger charge is 2.19. The Hall–Kier alpha value is -4.90. The number of hydrogen-bond acceptors (Lipinski definition) is 9. The second-order valence-corrected chi connectivity index (χ2v) is 21.7. The third kappa shape index (κ3) is 14.2. The number of carboxylic acids is 1. The Labute approximate surface area is 457 Å². The van der Waals surface area contributed by atoms with E-state index in [0.717, 1.165) is 105 Å². The second-order valence-electron chi connectivity index (χ2n) is 16.9. The number of aromatic carboxylic acids is 1. The fraction of sp³-hybridized carbons (Fsp3) is 0.208. The lowest BCUT2D eigenvalue weighted by atomic mass is 10.2. The van der Waals surface area contributed by atoms with Crippen LogP contribution in [0, 0.1) is 0 Å². The molecular weight excluding hydrogens is 1070 g/mol. The molecule has 2 aliphatic rings. The number of carbonyl (C=O) groups excluding carboxylic acids is 1. The van der Waals surface area contributed by atoms with E-state index in [1.165, 1.54) is 29.2 Å². The molecule has 0 saturated carbocycles. The summed E-state index contributed by atoms with van der Waals surface area (Å²) in [4.78, 5) is 43.0. The fourth-order valence-electron chi connectivity index (χ4n) is 7.93. The normalized spacial score (nSPS) is 14.0. The first kappa shape index (κ1) is 54.9. The van der Waals surface area contributed by atoms with Crippen LogP contribution < -0.4 is 20.9 Å². The molecule has 10 rings (SSSR count). The minimum absolute atomic E-state index is 0. The zero-order chi connectivity index (χ0) is 50.3. The first-order chi connectivity index (χ1) is 34.0. The summed E-state index contributed by atoms with van der Waals surface area (Å²) in [5.74, 6) is -1.24. The molecule has 19 heteroatoms. The Morgan fingerprint density at radius 2 is 1.00 bits per heavy atom. The van der Waals surface area contributed by atoms with Crippen molar-refractivity contribution in [3.05, 3.63) is 163 Å². The second kappa shape index (κ2) is 24.9. The van der Waals surface area contributed by atoms with E-state index in [1.807, 2.05) is 66.7 Å². The van der Waals surface area contributed by atoms with Gasteiger partial charge in [-0.05, 0) is 123 Å². The number of rotatable bonds is 9. The maximum Gasteiger partial charge on any atom is 0.352 e. The van der Waals surface area contributed by atoms with E-state index in [1.54, 1.807) is 42.5 Å². The lowest BCUT2D eigenvalue weighted by Crippen LogP contribution is -2.44. The molecule has 2 fully saturated rings. The number of likely N-dealkylation sites (N-methyl/N-ethyl adjacent to an activating group) is 2. The number of aromatic nitrogens is 2. The van der Waals surface area contributed by atoms with Gasteiger partial charge in [0.1, 0.15) is 11.4 Å². The number of halogens is 6. The summed E-state index contributed by atoms with van der Waals surface area (Å²) in [5.41, 5.74) is 11.7. The summed E-state index contributed by atoms with van der Waals surface area (Å²) in [6.45, 7) is 8.44. The van der Waals surface area contributed by atoms with Crippen LogP contribution in [0.5, 0.6) is 0 Å². The average molecular weight is 1130 g/mol. The van der Waals surface area contributed by atoms with Crippen molar-refractivity contribution in [1.29, 1.82) is 0 Å². The molecule has 2 aliphatic heterocycles. The van der Waals surface area contributed by atoms with Crippen molar-refractivity contribution >= 4 is 150 Å². The van der Waals surface area contributed by atoms with Gasteiger partial charge in [-0.3, -0.25) is 4.79 Å². The van der Waals surface area contributed by atoms with Gasteiger partial charge in [0.15, 0.2) is 0 Å². The SMILES string of the molecule is C.CN1CCN(c2cccc(N)c2)CC1.CN1CCN(c2cccc(NC(=O)c3cc4c(Sc5ccc(Cl)cc5Cl)cc(Cl)cc4[nH]3)c2)CC1.O=C(O)c1cc2c(Sc3ccc(Cl)cc3Cl)cc(Cl)cc2[nH]1. The summed E-state index contributed by atoms with van der Waals surface area (Å²) in [6.07, 6.45) is 0. The zero-order valence-corrected chi connectivity index (χ0v) is 44.6. The molecule has 8 aromatic rings. The quantitative estimate of drug-likeness (QED) is 0.0889. The number of carboxylic acid groups (broad SMARTS) is 1. The summed E-state index contributed by atoms with van der Waals surface area (Å²) in [5, 5.41) is 17.1. The molecule has 6 N–H and O–H groups in total. The molecule has 376 valence electrons. The van der Waals surface area contributed by atoms with Crippen molar-refractivity contribution < 1.29 is 14.7 Å². The average Bonchev–Trinajstić information content (AvgIpc) is 3.98. The molecule has 0 aliphatic carbocycles. The minimum atomic E-state index is -1.02. The summed E-state index contributed by atoms with van der Waals surface area (Å²) < 4.78 is 0. The molecule has 11 nitrogen and oxygen atoms in total. The van der Waals surface area contributed by atoms with Gasteiger partial charge in [-0.25, -0.2) is 4.79 Å². The third-order valence-corrected chi connectivity index (χ3v) is 15.8. The van der Waals surface area contributed by atoms with Gasteiger partial charge in [-0.15, -0.1) is 0 Å². The van der Waals surface area contributed by atoms with Crippen LogP contribution in [-0.2, 0) is 0 Å². The highest BCUT2D eigenvalue weighted by molar-refractivity contribution is 8.00. The third-order valence-electron chi connectivity index (χ3n) is 11.7. The molecule has 4 heterocycles. The van der Waals surface area contributed by atoms with Gasteiger partial charge in [-0.1, -0.05) is 113 Å². The van der Waals surface area contributed by atoms with Crippen LogP contribution in [0.2, 0.25) is 30.1 Å². The molecule has 72 heavy (non-hydrogen) atoms. The first-order valence-corrected chi connectivity index (χ1v) is 26.2.